The zero-order chi connectivity index (χ0) is 12.7. The Kier molecular flexibility index (Phi) is 3.42. The van der Waals surface area contributed by atoms with Gasteiger partial charge in [-0.3, -0.25) is 4.90 Å². The number of ether oxygens (including phenoxy) is 1. The number of nitrogens with zero attached hydrogens (tertiary/aromatic N) is 1. The van der Waals surface area contributed by atoms with Crippen LogP contribution in [0.5, 0.6) is 0 Å². The van der Waals surface area contributed by atoms with Crippen molar-refractivity contribution < 1.29 is 17.9 Å². The summed E-state index contributed by atoms with van der Waals surface area (Å²) in [5, 5.41) is 0. The van der Waals surface area contributed by atoms with Gasteiger partial charge in [0.05, 0.1) is 6.10 Å². The largest absolute Gasteiger partial charge is 0.411 e. The minimum atomic E-state index is -4.20. The van der Waals surface area contributed by atoms with Crippen molar-refractivity contribution >= 4 is 0 Å². The molecule has 0 unspecified atom stereocenters. The van der Waals surface area contributed by atoms with Gasteiger partial charge in [-0.25, -0.2) is 0 Å². The molecule has 0 aromatic heterocycles. The quantitative estimate of drug-likeness (QED) is 0.715. The first kappa shape index (κ1) is 13.1. The van der Waals surface area contributed by atoms with Crippen LogP contribution in [0.25, 0.3) is 0 Å². The van der Waals surface area contributed by atoms with E-state index in [0.29, 0.717) is 11.6 Å². The lowest BCUT2D eigenvalue weighted by atomic mass is 9.92. The minimum absolute atomic E-state index is 0.198. The van der Waals surface area contributed by atoms with Crippen molar-refractivity contribution in [2.24, 2.45) is 0 Å². The molecule has 0 aromatic rings. The molecule has 0 radical (unpaired) electrons. The fourth-order valence-electron chi connectivity index (χ4n) is 2.74. The molecule has 5 heteroatoms. The molecule has 1 atom stereocenters. The topological polar surface area (TPSA) is 12.2 Å². The van der Waals surface area contributed by atoms with Crippen LogP contribution in [0.3, 0.4) is 0 Å². The van der Waals surface area contributed by atoms with Crippen molar-refractivity contribution in [3.05, 3.63) is 0 Å². The van der Waals surface area contributed by atoms with Gasteiger partial charge in [0, 0.05) is 18.1 Å². The monoisotopic (exact) mass is 251 g/mol. The van der Waals surface area contributed by atoms with Crippen LogP contribution in [0.2, 0.25) is 0 Å². The molecule has 2 rings (SSSR count). The van der Waals surface area contributed by atoms with Crippen molar-refractivity contribution in [1.82, 2.24) is 4.90 Å². The van der Waals surface area contributed by atoms with Crippen LogP contribution in [0.1, 0.15) is 39.5 Å². The van der Waals surface area contributed by atoms with Crippen LogP contribution >= 0.6 is 0 Å². The zero-order valence-electron chi connectivity index (χ0n) is 10.4. The third-order valence-electron chi connectivity index (χ3n) is 3.80. The molecule has 0 amide bonds. The van der Waals surface area contributed by atoms with E-state index < -0.39 is 12.8 Å². The Labute approximate surface area is 100 Å². The normalized spacial score (nSPS) is 36.9. The van der Waals surface area contributed by atoms with Crippen molar-refractivity contribution in [3.63, 3.8) is 0 Å². The molecule has 1 aliphatic heterocycles. The number of rotatable bonds is 3. The van der Waals surface area contributed by atoms with Crippen molar-refractivity contribution in [2.75, 3.05) is 13.2 Å². The predicted molar refractivity (Wildman–Crippen MR) is 58.8 cm³/mol. The molecule has 1 heterocycles. The molecule has 1 aliphatic carbocycles. The van der Waals surface area contributed by atoms with Crippen molar-refractivity contribution in [2.45, 2.75) is 63.4 Å². The first-order chi connectivity index (χ1) is 7.78. The second kappa shape index (κ2) is 4.43. The Balaban J connectivity index is 1.68. The molecule has 2 aliphatic rings. The van der Waals surface area contributed by atoms with Crippen LogP contribution in [-0.2, 0) is 4.74 Å². The third kappa shape index (κ3) is 3.58. The lowest BCUT2D eigenvalue weighted by Gasteiger charge is -2.30. The minimum Gasteiger partial charge on any atom is -0.369 e. The van der Waals surface area contributed by atoms with Gasteiger partial charge in [-0.15, -0.1) is 0 Å². The van der Waals surface area contributed by atoms with Gasteiger partial charge in [-0.1, -0.05) is 0 Å². The Morgan fingerprint density at radius 1 is 1.18 bits per heavy atom. The number of halogens is 3. The van der Waals surface area contributed by atoms with E-state index in [1.54, 1.807) is 0 Å². The van der Waals surface area contributed by atoms with Gasteiger partial charge in [0.25, 0.3) is 0 Å². The Hall–Kier alpha value is -0.290. The molecule has 2 nitrogen and oxygen atoms in total. The summed E-state index contributed by atoms with van der Waals surface area (Å²) in [6.07, 6.45) is -0.951. The molecular formula is C12H20F3NO. The fraction of sp³-hybridized carbons (Fsp3) is 1.00. The van der Waals surface area contributed by atoms with E-state index in [2.05, 4.69) is 18.7 Å². The molecule has 0 aromatic carbocycles. The van der Waals surface area contributed by atoms with Crippen LogP contribution in [0.15, 0.2) is 0 Å². The van der Waals surface area contributed by atoms with Gasteiger partial charge < -0.3 is 4.74 Å². The maximum Gasteiger partial charge on any atom is 0.411 e. The number of hydrogen-bond acceptors (Lipinski definition) is 2. The summed E-state index contributed by atoms with van der Waals surface area (Å²) >= 11 is 0. The van der Waals surface area contributed by atoms with Crippen molar-refractivity contribution in [1.29, 1.82) is 0 Å². The maximum atomic E-state index is 12.0. The summed E-state index contributed by atoms with van der Waals surface area (Å²) in [5.41, 5.74) is 0.310. The van der Waals surface area contributed by atoms with E-state index in [1.807, 2.05) is 0 Å². The second-order valence-electron chi connectivity index (χ2n) is 5.80. The molecule has 0 N–H and O–H groups in total. The summed E-state index contributed by atoms with van der Waals surface area (Å²) in [6, 6.07) is 0.552. The highest BCUT2D eigenvalue weighted by atomic mass is 19.4. The molecule has 17 heavy (non-hydrogen) atoms. The van der Waals surface area contributed by atoms with Crippen LogP contribution in [0.4, 0.5) is 13.2 Å². The molecule has 100 valence electrons. The average Bonchev–Trinajstić information content (AvgIpc) is 2.85. The van der Waals surface area contributed by atoms with Crippen molar-refractivity contribution in [3.8, 4) is 0 Å². The zero-order valence-corrected chi connectivity index (χ0v) is 10.4. The summed E-state index contributed by atoms with van der Waals surface area (Å²) in [4.78, 5) is 2.44. The van der Waals surface area contributed by atoms with E-state index in [1.165, 1.54) is 0 Å². The molecular weight excluding hydrogens is 231 g/mol. The smallest absolute Gasteiger partial charge is 0.369 e. The maximum absolute atomic E-state index is 12.0. The van der Waals surface area contributed by atoms with E-state index >= 15 is 0 Å². The summed E-state index contributed by atoms with van der Waals surface area (Å²) < 4.78 is 40.9. The Morgan fingerprint density at radius 2 is 1.71 bits per heavy atom. The fourth-order valence-corrected chi connectivity index (χ4v) is 2.74. The van der Waals surface area contributed by atoms with Gasteiger partial charge in [-0.2, -0.15) is 13.2 Å². The van der Waals surface area contributed by atoms with E-state index in [-0.39, 0.29) is 6.10 Å². The third-order valence-corrected chi connectivity index (χ3v) is 3.80. The Morgan fingerprint density at radius 3 is 2.12 bits per heavy atom. The summed E-state index contributed by atoms with van der Waals surface area (Å²) in [6.45, 7) is 4.43. The molecule has 1 saturated heterocycles. The SMILES string of the molecule is CC1(C)C[N@@]1[C@H]1CC[C@H](OCC(F)(F)F)CC1. The molecule has 2 fully saturated rings. The highest BCUT2D eigenvalue weighted by Crippen LogP contribution is 2.39. The predicted octanol–water partition coefficient (Wildman–Crippen LogP) is 2.97. The van der Waals surface area contributed by atoms with Crippen LogP contribution in [0, 0.1) is 0 Å². The summed E-state index contributed by atoms with van der Waals surface area (Å²) in [5.74, 6) is 0. The summed E-state index contributed by atoms with van der Waals surface area (Å²) in [7, 11) is 0. The van der Waals surface area contributed by atoms with Crippen LogP contribution in [-0.4, -0.2) is 41.9 Å². The standard InChI is InChI=1S/C12H20F3NO/c1-11(2)7-16(11)9-3-5-10(6-4-9)17-8-12(13,14)15/h9-10H,3-8H2,1-2H3/t9-,10-,16-/m0/s1. The second-order valence-corrected chi connectivity index (χ2v) is 5.80. The van der Waals surface area contributed by atoms with Gasteiger partial charge in [-0.05, 0) is 39.5 Å². The average molecular weight is 251 g/mol. The Bertz CT molecular complexity index is 269. The number of hydrogen-bond donors (Lipinski definition) is 0. The number of alkyl halides is 3. The van der Waals surface area contributed by atoms with E-state index in [9.17, 15) is 13.2 Å². The van der Waals surface area contributed by atoms with Crippen LogP contribution < -0.4 is 0 Å². The highest BCUT2D eigenvalue weighted by molar-refractivity contribution is 5.04. The molecule has 1 saturated carbocycles. The van der Waals surface area contributed by atoms with Gasteiger partial charge >= 0.3 is 6.18 Å². The first-order valence-corrected chi connectivity index (χ1v) is 6.23. The first-order valence-electron chi connectivity index (χ1n) is 6.23. The van der Waals surface area contributed by atoms with Gasteiger partial charge in [0.1, 0.15) is 6.61 Å². The lowest BCUT2D eigenvalue weighted by Crippen LogP contribution is -2.33. The molecule has 0 spiro atoms. The highest BCUT2D eigenvalue weighted by Gasteiger charge is 2.47. The van der Waals surface area contributed by atoms with Gasteiger partial charge in [0.15, 0.2) is 0 Å². The van der Waals surface area contributed by atoms with E-state index in [0.717, 1.165) is 32.2 Å². The van der Waals surface area contributed by atoms with Gasteiger partial charge in [0.2, 0.25) is 0 Å². The lowest BCUT2D eigenvalue weighted by molar-refractivity contribution is -0.188. The molecule has 0 bridgehead atoms. The van der Waals surface area contributed by atoms with E-state index in [4.69, 9.17) is 4.74 Å².